The molecular weight excluding hydrogens is 400 g/mol. The average molecular weight is 421 g/mol. The van der Waals surface area contributed by atoms with Crippen LogP contribution >= 0.6 is 0 Å². The third-order valence-electron chi connectivity index (χ3n) is 6.28. The Morgan fingerprint density at radius 1 is 0.485 bits per heavy atom. The maximum absolute atomic E-state index is 9.44. The molecule has 1 aromatic heterocycles. The van der Waals surface area contributed by atoms with Crippen LogP contribution in [0.4, 0.5) is 0 Å². The first kappa shape index (κ1) is 19.1. The average Bonchev–Trinajstić information content (AvgIpc) is 3.27. The van der Waals surface area contributed by atoms with Crippen LogP contribution in [0.3, 0.4) is 0 Å². The first-order chi connectivity index (χ1) is 16.3. The van der Waals surface area contributed by atoms with Crippen molar-refractivity contribution >= 4 is 21.8 Å². The van der Waals surface area contributed by atoms with Gasteiger partial charge in [-0.1, -0.05) is 91.0 Å². The second kappa shape index (κ2) is 7.82. The summed E-state index contributed by atoms with van der Waals surface area (Å²) in [6.07, 6.45) is 0. The van der Waals surface area contributed by atoms with Crippen molar-refractivity contribution < 1.29 is 0 Å². The van der Waals surface area contributed by atoms with E-state index >= 15 is 0 Å². The SMILES string of the molecule is N#Cc1cccc2c1[nH]c1ccc(-c3cccc(-c4ccc(-c5ccccc5)cc4)c3)cc12. The molecule has 0 aliphatic carbocycles. The van der Waals surface area contributed by atoms with E-state index in [-0.39, 0.29) is 0 Å². The largest absolute Gasteiger partial charge is 0.353 e. The Morgan fingerprint density at radius 2 is 1.06 bits per heavy atom. The van der Waals surface area contributed by atoms with Crippen molar-refractivity contribution in [3.05, 3.63) is 121 Å². The van der Waals surface area contributed by atoms with Gasteiger partial charge in [-0.15, -0.1) is 0 Å². The van der Waals surface area contributed by atoms with Gasteiger partial charge in [0.25, 0.3) is 0 Å². The Labute approximate surface area is 192 Å². The normalized spacial score (nSPS) is 11.0. The summed E-state index contributed by atoms with van der Waals surface area (Å²) in [5, 5.41) is 11.7. The van der Waals surface area contributed by atoms with Gasteiger partial charge in [-0.05, 0) is 57.6 Å². The molecule has 0 saturated carbocycles. The molecule has 0 saturated heterocycles. The van der Waals surface area contributed by atoms with Crippen LogP contribution in [0.15, 0.2) is 115 Å². The highest BCUT2D eigenvalue weighted by Gasteiger charge is 2.10. The third-order valence-corrected chi connectivity index (χ3v) is 6.28. The molecule has 154 valence electrons. The van der Waals surface area contributed by atoms with Crippen molar-refractivity contribution in [3.63, 3.8) is 0 Å². The Hall–Kier alpha value is -4.61. The number of aromatic nitrogens is 1. The Kier molecular flexibility index (Phi) is 4.53. The van der Waals surface area contributed by atoms with Crippen LogP contribution < -0.4 is 0 Å². The summed E-state index contributed by atoms with van der Waals surface area (Å²) in [6.45, 7) is 0. The van der Waals surface area contributed by atoms with Gasteiger partial charge in [0.05, 0.1) is 11.1 Å². The third kappa shape index (κ3) is 3.37. The smallest absolute Gasteiger partial charge is 0.101 e. The number of H-pyrrole nitrogens is 1. The van der Waals surface area contributed by atoms with Gasteiger partial charge in [-0.25, -0.2) is 0 Å². The van der Waals surface area contributed by atoms with Crippen molar-refractivity contribution in [3.8, 4) is 39.4 Å². The molecule has 2 nitrogen and oxygen atoms in total. The van der Waals surface area contributed by atoms with Gasteiger partial charge in [-0.3, -0.25) is 0 Å². The molecule has 0 amide bonds. The van der Waals surface area contributed by atoms with E-state index < -0.39 is 0 Å². The van der Waals surface area contributed by atoms with Crippen molar-refractivity contribution in [2.45, 2.75) is 0 Å². The lowest BCUT2D eigenvalue weighted by Crippen LogP contribution is -1.83. The maximum atomic E-state index is 9.44. The predicted octanol–water partition coefficient (Wildman–Crippen LogP) is 8.19. The number of rotatable bonds is 3. The molecule has 0 fully saturated rings. The Balaban J connectivity index is 1.39. The molecule has 0 radical (unpaired) electrons. The van der Waals surface area contributed by atoms with Gasteiger partial charge in [0.2, 0.25) is 0 Å². The first-order valence-corrected chi connectivity index (χ1v) is 11.0. The lowest BCUT2D eigenvalue weighted by molar-refractivity contribution is 1.47. The number of fused-ring (bicyclic) bond motifs is 3. The van der Waals surface area contributed by atoms with Gasteiger partial charge in [0.15, 0.2) is 0 Å². The monoisotopic (exact) mass is 420 g/mol. The summed E-state index contributed by atoms with van der Waals surface area (Å²) in [4.78, 5) is 3.41. The Morgan fingerprint density at radius 3 is 1.82 bits per heavy atom. The molecule has 0 atom stereocenters. The molecule has 0 aliphatic rings. The quantitative estimate of drug-likeness (QED) is 0.308. The number of nitrogens with zero attached hydrogens (tertiary/aromatic N) is 1. The molecule has 0 unspecified atom stereocenters. The van der Waals surface area contributed by atoms with Gasteiger partial charge < -0.3 is 4.98 Å². The fourth-order valence-electron chi connectivity index (χ4n) is 4.56. The van der Waals surface area contributed by atoms with E-state index in [1.54, 1.807) is 0 Å². The topological polar surface area (TPSA) is 39.6 Å². The minimum atomic E-state index is 0.672. The van der Waals surface area contributed by atoms with Crippen molar-refractivity contribution in [2.75, 3.05) is 0 Å². The number of para-hydroxylation sites is 1. The van der Waals surface area contributed by atoms with Crippen molar-refractivity contribution in [1.29, 1.82) is 5.26 Å². The van der Waals surface area contributed by atoms with Crippen LogP contribution in [0.1, 0.15) is 5.56 Å². The molecule has 0 spiro atoms. The minimum absolute atomic E-state index is 0.672. The molecule has 5 aromatic carbocycles. The maximum Gasteiger partial charge on any atom is 0.101 e. The van der Waals surface area contributed by atoms with Gasteiger partial charge in [0, 0.05) is 16.3 Å². The van der Waals surface area contributed by atoms with E-state index in [9.17, 15) is 5.26 Å². The highest BCUT2D eigenvalue weighted by molar-refractivity contribution is 6.10. The summed E-state index contributed by atoms with van der Waals surface area (Å²) in [5.74, 6) is 0. The van der Waals surface area contributed by atoms with Crippen LogP contribution in [-0.2, 0) is 0 Å². The molecule has 0 aliphatic heterocycles. The second-order valence-electron chi connectivity index (χ2n) is 8.25. The van der Waals surface area contributed by atoms with Crippen LogP contribution in [0.5, 0.6) is 0 Å². The number of aromatic amines is 1. The van der Waals surface area contributed by atoms with Crippen LogP contribution in [0.25, 0.3) is 55.2 Å². The van der Waals surface area contributed by atoms with Crippen molar-refractivity contribution in [2.24, 2.45) is 0 Å². The number of benzene rings is 5. The van der Waals surface area contributed by atoms with E-state index in [0.717, 1.165) is 27.4 Å². The molecule has 1 heterocycles. The van der Waals surface area contributed by atoms with E-state index in [1.807, 2.05) is 18.2 Å². The minimum Gasteiger partial charge on any atom is -0.353 e. The first-order valence-electron chi connectivity index (χ1n) is 11.0. The summed E-state index contributed by atoms with van der Waals surface area (Å²) >= 11 is 0. The molecule has 33 heavy (non-hydrogen) atoms. The summed E-state index contributed by atoms with van der Waals surface area (Å²) in [6, 6.07) is 42.5. The number of hydrogen-bond donors (Lipinski definition) is 1. The summed E-state index contributed by atoms with van der Waals surface area (Å²) < 4.78 is 0. The number of nitrogens with one attached hydrogen (secondary N) is 1. The van der Waals surface area contributed by atoms with Crippen LogP contribution in [0.2, 0.25) is 0 Å². The number of hydrogen-bond acceptors (Lipinski definition) is 1. The highest BCUT2D eigenvalue weighted by atomic mass is 14.7. The fraction of sp³-hybridized carbons (Fsp3) is 0. The van der Waals surface area contributed by atoms with Gasteiger partial charge in [-0.2, -0.15) is 5.26 Å². The van der Waals surface area contributed by atoms with E-state index in [2.05, 4.69) is 108 Å². The zero-order chi connectivity index (χ0) is 22.2. The van der Waals surface area contributed by atoms with Crippen molar-refractivity contribution in [1.82, 2.24) is 4.98 Å². The van der Waals surface area contributed by atoms with Crippen LogP contribution in [-0.4, -0.2) is 4.98 Å². The zero-order valence-corrected chi connectivity index (χ0v) is 17.9. The predicted molar refractivity (Wildman–Crippen MR) is 137 cm³/mol. The van der Waals surface area contributed by atoms with E-state index in [0.29, 0.717) is 5.56 Å². The van der Waals surface area contributed by atoms with E-state index in [1.165, 1.54) is 27.8 Å². The summed E-state index contributed by atoms with van der Waals surface area (Å²) in [5.41, 5.74) is 9.79. The summed E-state index contributed by atoms with van der Waals surface area (Å²) in [7, 11) is 0. The lowest BCUT2D eigenvalue weighted by atomic mass is 9.96. The molecule has 1 N–H and O–H groups in total. The number of nitriles is 1. The molecular formula is C31H20N2. The highest BCUT2D eigenvalue weighted by Crippen LogP contribution is 2.33. The van der Waals surface area contributed by atoms with Gasteiger partial charge in [0.1, 0.15) is 6.07 Å². The lowest BCUT2D eigenvalue weighted by Gasteiger charge is -2.08. The molecule has 6 aromatic rings. The Bertz CT molecular complexity index is 1650. The van der Waals surface area contributed by atoms with E-state index in [4.69, 9.17) is 0 Å². The fourth-order valence-corrected chi connectivity index (χ4v) is 4.56. The molecule has 2 heteroatoms. The zero-order valence-electron chi connectivity index (χ0n) is 17.9. The second-order valence-corrected chi connectivity index (χ2v) is 8.25. The molecule has 6 rings (SSSR count). The standard InChI is InChI=1S/C31H20N2/c32-20-27-10-5-11-28-29-19-26(16-17-30(29)33-31(27)28)25-9-4-8-24(18-25)23-14-12-22(13-15-23)21-6-2-1-3-7-21/h1-19,33H. The molecule has 0 bridgehead atoms. The van der Waals surface area contributed by atoms with Gasteiger partial charge >= 0.3 is 0 Å². The van der Waals surface area contributed by atoms with Crippen LogP contribution in [0, 0.1) is 11.3 Å².